The van der Waals surface area contributed by atoms with Crippen LogP contribution in [0.15, 0.2) is 0 Å². The molecule has 0 saturated heterocycles. The molecule has 0 bridgehead atoms. The first-order valence-corrected chi connectivity index (χ1v) is 6.39. The van der Waals surface area contributed by atoms with E-state index >= 15 is 0 Å². The smallest absolute Gasteiger partial charge is 0.325 e. The van der Waals surface area contributed by atoms with E-state index in [2.05, 4.69) is 5.32 Å². The van der Waals surface area contributed by atoms with Gasteiger partial charge in [0.15, 0.2) is 0 Å². The molecule has 0 heterocycles. The molecule has 0 atom stereocenters. The lowest BCUT2D eigenvalue weighted by atomic mass is 10.4. The van der Waals surface area contributed by atoms with Gasteiger partial charge in [-0.3, -0.25) is 9.59 Å². The first-order chi connectivity index (χ1) is 8.20. The highest BCUT2D eigenvalue weighted by molar-refractivity contribution is 5.84. The minimum Gasteiger partial charge on any atom is -0.465 e. The van der Waals surface area contributed by atoms with Crippen molar-refractivity contribution in [2.75, 3.05) is 19.7 Å². The summed E-state index contributed by atoms with van der Waals surface area (Å²) in [5, 5.41) is 3.18. The van der Waals surface area contributed by atoms with Crippen molar-refractivity contribution in [3.8, 4) is 0 Å². The summed E-state index contributed by atoms with van der Waals surface area (Å²) in [4.78, 5) is 25.0. The van der Waals surface area contributed by atoms with Gasteiger partial charge >= 0.3 is 5.97 Å². The van der Waals surface area contributed by atoms with Crippen LogP contribution in [-0.2, 0) is 14.3 Å². The average Bonchev–Trinajstić information content (AvgIpc) is 3.16. The normalized spacial score (nSPS) is 18.9. The maximum absolute atomic E-state index is 12.0. The van der Waals surface area contributed by atoms with Gasteiger partial charge in [-0.1, -0.05) is 0 Å². The minimum absolute atomic E-state index is 0.0208. The van der Waals surface area contributed by atoms with Gasteiger partial charge in [-0.25, -0.2) is 0 Å². The third-order valence-electron chi connectivity index (χ3n) is 3.03. The summed E-state index contributed by atoms with van der Waals surface area (Å²) < 4.78 is 4.89. The molecule has 2 fully saturated rings. The Hall–Kier alpha value is -1.10. The van der Waals surface area contributed by atoms with Crippen molar-refractivity contribution in [1.82, 2.24) is 10.2 Å². The van der Waals surface area contributed by atoms with Crippen LogP contribution in [0, 0.1) is 0 Å². The third-order valence-corrected chi connectivity index (χ3v) is 3.03. The van der Waals surface area contributed by atoms with E-state index in [1.54, 1.807) is 11.8 Å². The SMILES string of the molecule is CCOC(=O)CN(C(=O)CNC1CC1)C1CC1. The zero-order chi connectivity index (χ0) is 12.3. The van der Waals surface area contributed by atoms with Crippen molar-refractivity contribution >= 4 is 11.9 Å². The van der Waals surface area contributed by atoms with E-state index in [1.807, 2.05) is 0 Å². The molecule has 96 valence electrons. The molecule has 0 unspecified atom stereocenters. The first-order valence-electron chi connectivity index (χ1n) is 6.39. The van der Waals surface area contributed by atoms with Gasteiger partial charge in [-0.05, 0) is 32.6 Å². The van der Waals surface area contributed by atoms with Crippen LogP contribution in [0.5, 0.6) is 0 Å². The molecule has 17 heavy (non-hydrogen) atoms. The lowest BCUT2D eigenvalue weighted by Crippen LogP contribution is -2.43. The number of nitrogens with one attached hydrogen (secondary N) is 1. The molecule has 2 aliphatic rings. The van der Waals surface area contributed by atoms with Gasteiger partial charge in [0.2, 0.25) is 5.91 Å². The quantitative estimate of drug-likeness (QED) is 0.650. The molecule has 5 heteroatoms. The molecule has 0 aliphatic heterocycles. The number of rotatable bonds is 7. The van der Waals surface area contributed by atoms with Gasteiger partial charge in [0.25, 0.3) is 0 Å². The number of hydrogen-bond donors (Lipinski definition) is 1. The Morgan fingerprint density at radius 1 is 1.29 bits per heavy atom. The van der Waals surface area contributed by atoms with Crippen LogP contribution in [0.25, 0.3) is 0 Å². The number of hydrogen-bond acceptors (Lipinski definition) is 4. The van der Waals surface area contributed by atoms with Gasteiger partial charge in [-0.15, -0.1) is 0 Å². The molecular formula is C12H20N2O3. The Morgan fingerprint density at radius 3 is 2.53 bits per heavy atom. The van der Waals surface area contributed by atoms with Crippen LogP contribution in [0.1, 0.15) is 32.6 Å². The van der Waals surface area contributed by atoms with E-state index in [1.165, 1.54) is 0 Å². The van der Waals surface area contributed by atoms with Crippen molar-refractivity contribution < 1.29 is 14.3 Å². The van der Waals surface area contributed by atoms with Crippen molar-refractivity contribution in [3.05, 3.63) is 0 Å². The maximum Gasteiger partial charge on any atom is 0.325 e. The van der Waals surface area contributed by atoms with Gasteiger partial charge in [0.1, 0.15) is 6.54 Å². The Bertz CT molecular complexity index is 298. The Morgan fingerprint density at radius 2 is 2.00 bits per heavy atom. The van der Waals surface area contributed by atoms with Crippen molar-refractivity contribution in [2.45, 2.75) is 44.7 Å². The monoisotopic (exact) mass is 240 g/mol. The summed E-state index contributed by atoms with van der Waals surface area (Å²) in [6.45, 7) is 2.59. The van der Waals surface area contributed by atoms with E-state index in [4.69, 9.17) is 4.74 Å². The van der Waals surface area contributed by atoms with Crippen LogP contribution in [0.4, 0.5) is 0 Å². The summed E-state index contributed by atoms with van der Waals surface area (Å²) >= 11 is 0. The zero-order valence-electron chi connectivity index (χ0n) is 10.3. The molecule has 0 aromatic carbocycles. The summed E-state index contributed by atoms with van der Waals surface area (Å²) in [6.07, 6.45) is 4.34. The second-order valence-corrected chi connectivity index (χ2v) is 4.71. The second kappa shape index (κ2) is 5.49. The number of esters is 1. The highest BCUT2D eigenvalue weighted by Crippen LogP contribution is 2.27. The number of carbonyl (C=O) groups excluding carboxylic acids is 2. The lowest BCUT2D eigenvalue weighted by molar-refractivity contribution is -0.149. The average molecular weight is 240 g/mol. The molecular weight excluding hydrogens is 220 g/mol. The van der Waals surface area contributed by atoms with Crippen molar-refractivity contribution in [1.29, 1.82) is 0 Å². The standard InChI is InChI=1S/C12H20N2O3/c1-2-17-12(16)8-14(10-5-6-10)11(15)7-13-9-3-4-9/h9-10,13H,2-8H2,1H3. The van der Waals surface area contributed by atoms with Crippen LogP contribution < -0.4 is 5.32 Å². The van der Waals surface area contributed by atoms with Crippen LogP contribution in [0.2, 0.25) is 0 Å². The topological polar surface area (TPSA) is 58.6 Å². The van der Waals surface area contributed by atoms with Gasteiger partial charge in [0.05, 0.1) is 13.2 Å². The Balaban J connectivity index is 1.77. The second-order valence-electron chi connectivity index (χ2n) is 4.71. The molecule has 1 amide bonds. The fraction of sp³-hybridized carbons (Fsp3) is 0.833. The molecule has 0 aromatic heterocycles. The largest absolute Gasteiger partial charge is 0.465 e. The number of amides is 1. The highest BCUT2D eigenvalue weighted by atomic mass is 16.5. The fourth-order valence-electron chi connectivity index (χ4n) is 1.77. The van der Waals surface area contributed by atoms with Gasteiger partial charge in [0, 0.05) is 12.1 Å². The summed E-state index contributed by atoms with van der Waals surface area (Å²) in [5.74, 6) is -0.286. The van der Waals surface area contributed by atoms with E-state index in [9.17, 15) is 9.59 Å². The highest BCUT2D eigenvalue weighted by Gasteiger charge is 2.34. The Labute approximate surface area is 101 Å². The molecule has 2 rings (SSSR count). The van der Waals surface area contributed by atoms with Crippen LogP contribution in [-0.4, -0.2) is 48.6 Å². The van der Waals surface area contributed by atoms with Crippen molar-refractivity contribution in [2.24, 2.45) is 0 Å². The number of ether oxygens (including phenoxy) is 1. The summed E-state index contributed by atoms with van der Waals surface area (Å²) in [5.41, 5.74) is 0. The fourth-order valence-corrected chi connectivity index (χ4v) is 1.77. The first kappa shape index (κ1) is 12.4. The Kier molecular flexibility index (Phi) is 3.99. The van der Waals surface area contributed by atoms with Gasteiger partial charge < -0.3 is 15.0 Å². The molecule has 1 N–H and O–H groups in total. The number of nitrogens with zero attached hydrogens (tertiary/aromatic N) is 1. The predicted molar refractivity (Wildman–Crippen MR) is 62.4 cm³/mol. The van der Waals surface area contributed by atoms with E-state index in [0.29, 0.717) is 19.2 Å². The molecule has 0 radical (unpaired) electrons. The summed E-state index contributed by atoms with van der Waals surface area (Å²) in [7, 11) is 0. The number of carbonyl (C=O) groups is 2. The lowest BCUT2D eigenvalue weighted by Gasteiger charge is -2.21. The molecule has 0 spiro atoms. The van der Waals surface area contributed by atoms with Crippen LogP contribution >= 0.6 is 0 Å². The molecule has 2 aliphatic carbocycles. The third kappa shape index (κ3) is 4.00. The van der Waals surface area contributed by atoms with E-state index in [-0.39, 0.29) is 24.5 Å². The minimum atomic E-state index is -0.306. The van der Waals surface area contributed by atoms with Gasteiger partial charge in [-0.2, -0.15) is 0 Å². The molecule has 0 aromatic rings. The maximum atomic E-state index is 12.0. The molecule has 2 saturated carbocycles. The van der Waals surface area contributed by atoms with E-state index < -0.39 is 0 Å². The zero-order valence-corrected chi connectivity index (χ0v) is 10.3. The molecule has 5 nitrogen and oxygen atoms in total. The predicted octanol–water partition coefficient (Wildman–Crippen LogP) is 0.293. The van der Waals surface area contributed by atoms with Crippen LogP contribution in [0.3, 0.4) is 0 Å². The summed E-state index contributed by atoms with van der Waals surface area (Å²) in [6, 6.07) is 0.774. The van der Waals surface area contributed by atoms with Crippen molar-refractivity contribution in [3.63, 3.8) is 0 Å². The van der Waals surface area contributed by atoms with E-state index in [0.717, 1.165) is 25.7 Å².